The largest absolute Gasteiger partial charge is 0.489 e. The predicted molar refractivity (Wildman–Crippen MR) is 106 cm³/mol. The molecule has 3 rings (SSSR count). The summed E-state index contributed by atoms with van der Waals surface area (Å²) in [5.41, 5.74) is 3.24. The molecule has 2 N–H and O–H groups in total. The van der Waals surface area contributed by atoms with E-state index in [1.807, 2.05) is 49.4 Å². The highest BCUT2D eigenvalue weighted by molar-refractivity contribution is 6.43. The molecule has 0 bridgehead atoms. The molecule has 0 atom stereocenters. The predicted octanol–water partition coefficient (Wildman–Crippen LogP) is 4.15. The molecule has 0 aromatic heterocycles. The monoisotopic (exact) mass is 360 g/mol. The quantitative estimate of drug-likeness (QED) is 0.672. The Morgan fingerprint density at radius 2 is 1.26 bits per heavy atom. The molecule has 5 nitrogen and oxygen atoms in total. The van der Waals surface area contributed by atoms with Gasteiger partial charge in [0.05, 0.1) is 0 Å². The van der Waals surface area contributed by atoms with Gasteiger partial charge in [0, 0.05) is 11.4 Å². The number of ether oxygens (including phenoxy) is 1. The van der Waals surface area contributed by atoms with Crippen molar-refractivity contribution < 1.29 is 14.3 Å². The van der Waals surface area contributed by atoms with E-state index in [2.05, 4.69) is 10.6 Å². The average molecular weight is 360 g/mol. The standard InChI is InChI=1S/C22H20N2O3/c1-16-7-9-18(10-8-16)23-21(25)22(26)24-19-11-13-20(14-12-19)27-15-17-5-3-2-4-6-17/h2-14H,15H2,1H3,(H,23,25)(H,24,26). The van der Waals surface area contributed by atoms with E-state index in [1.54, 1.807) is 36.4 Å². The van der Waals surface area contributed by atoms with Crippen LogP contribution in [0.3, 0.4) is 0 Å². The van der Waals surface area contributed by atoms with Gasteiger partial charge in [0.2, 0.25) is 0 Å². The molecular formula is C22H20N2O3. The Kier molecular flexibility index (Phi) is 5.84. The molecule has 0 aliphatic carbocycles. The molecule has 0 radical (unpaired) electrons. The minimum atomic E-state index is -0.728. The molecular weight excluding hydrogens is 340 g/mol. The zero-order valence-electron chi connectivity index (χ0n) is 14.9. The van der Waals surface area contributed by atoms with Crippen LogP contribution in [-0.4, -0.2) is 11.8 Å². The number of rotatable bonds is 5. The summed E-state index contributed by atoms with van der Waals surface area (Å²) in [6, 6.07) is 23.9. The van der Waals surface area contributed by atoms with Gasteiger partial charge in [-0.2, -0.15) is 0 Å². The molecule has 3 aromatic carbocycles. The molecule has 27 heavy (non-hydrogen) atoms. The molecule has 2 amide bonds. The highest BCUT2D eigenvalue weighted by Gasteiger charge is 2.14. The molecule has 0 saturated carbocycles. The van der Waals surface area contributed by atoms with Crippen LogP contribution in [0.4, 0.5) is 11.4 Å². The van der Waals surface area contributed by atoms with E-state index >= 15 is 0 Å². The van der Waals surface area contributed by atoms with Crippen molar-refractivity contribution in [2.45, 2.75) is 13.5 Å². The van der Waals surface area contributed by atoms with E-state index in [1.165, 1.54) is 0 Å². The van der Waals surface area contributed by atoms with Crippen LogP contribution in [0.1, 0.15) is 11.1 Å². The van der Waals surface area contributed by atoms with Crippen LogP contribution >= 0.6 is 0 Å². The van der Waals surface area contributed by atoms with E-state index < -0.39 is 11.8 Å². The van der Waals surface area contributed by atoms with Gasteiger partial charge in [-0.25, -0.2) is 0 Å². The second-order valence-electron chi connectivity index (χ2n) is 6.07. The summed E-state index contributed by atoms with van der Waals surface area (Å²) in [6.45, 7) is 2.41. The number of carbonyl (C=O) groups excluding carboxylic acids is 2. The maximum atomic E-state index is 12.0. The summed E-state index contributed by atoms with van der Waals surface area (Å²) >= 11 is 0. The van der Waals surface area contributed by atoms with Crippen molar-refractivity contribution in [2.75, 3.05) is 10.6 Å². The fourth-order valence-corrected chi connectivity index (χ4v) is 2.39. The lowest BCUT2D eigenvalue weighted by molar-refractivity contribution is -0.132. The number of hydrogen-bond acceptors (Lipinski definition) is 3. The highest BCUT2D eigenvalue weighted by Crippen LogP contribution is 2.17. The molecule has 136 valence electrons. The van der Waals surface area contributed by atoms with Gasteiger partial charge >= 0.3 is 11.8 Å². The van der Waals surface area contributed by atoms with Crippen molar-refractivity contribution in [1.29, 1.82) is 0 Å². The molecule has 3 aromatic rings. The number of aryl methyl sites for hydroxylation is 1. The molecule has 0 aliphatic rings. The molecule has 0 fully saturated rings. The zero-order chi connectivity index (χ0) is 19.1. The van der Waals surface area contributed by atoms with Crippen LogP contribution in [0.5, 0.6) is 5.75 Å². The van der Waals surface area contributed by atoms with E-state index in [0.717, 1.165) is 11.1 Å². The van der Waals surface area contributed by atoms with E-state index in [9.17, 15) is 9.59 Å². The first-order valence-corrected chi connectivity index (χ1v) is 8.56. The maximum Gasteiger partial charge on any atom is 0.314 e. The summed E-state index contributed by atoms with van der Waals surface area (Å²) in [5.74, 6) is -0.766. The van der Waals surface area contributed by atoms with Crippen molar-refractivity contribution in [3.63, 3.8) is 0 Å². The Morgan fingerprint density at radius 3 is 1.81 bits per heavy atom. The van der Waals surface area contributed by atoms with Gasteiger partial charge in [0.1, 0.15) is 12.4 Å². The van der Waals surface area contributed by atoms with Gasteiger partial charge in [-0.1, -0.05) is 48.0 Å². The Hall–Kier alpha value is -3.60. The average Bonchev–Trinajstić information content (AvgIpc) is 2.70. The van der Waals surface area contributed by atoms with Crippen LogP contribution in [0, 0.1) is 6.92 Å². The van der Waals surface area contributed by atoms with Crippen molar-refractivity contribution in [1.82, 2.24) is 0 Å². The summed E-state index contributed by atoms with van der Waals surface area (Å²) in [6.07, 6.45) is 0. The Labute approximate surface area is 158 Å². The Bertz CT molecular complexity index is 905. The second-order valence-corrected chi connectivity index (χ2v) is 6.07. The molecule has 5 heteroatoms. The Morgan fingerprint density at radius 1 is 0.741 bits per heavy atom. The lowest BCUT2D eigenvalue weighted by Crippen LogP contribution is -2.29. The number of nitrogens with one attached hydrogen (secondary N) is 2. The maximum absolute atomic E-state index is 12.0. The lowest BCUT2D eigenvalue weighted by atomic mass is 10.2. The molecule has 0 saturated heterocycles. The summed E-state index contributed by atoms with van der Waals surface area (Å²) in [5, 5.41) is 5.13. The van der Waals surface area contributed by atoms with Crippen LogP contribution < -0.4 is 15.4 Å². The molecule has 0 aliphatic heterocycles. The minimum absolute atomic E-state index is 0.464. The number of carbonyl (C=O) groups is 2. The molecule has 0 spiro atoms. The molecule has 0 unspecified atom stereocenters. The van der Waals surface area contributed by atoms with Gasteiger partial charge in [0.25, 0.3) is 0 Å². The smallest absolute Gasteiger partial charge is 0.314 e. The van der Waals surface area contributed by atoms with Crippen molar-refractivity contribution in [3.8, 4) is 5.75 Å². The van der Waals surface area contributed by atoms with E-state index in [-0.39, 0.29) is 0 Å². The van der Waals surface area contributed by atoms with Crippen LogP contribution in [-0.2, 0) is 16.2 Å². The van der Waals surface area contributed by atoms with Crippen LogP contribution in [0.25, 0.3) is 0 Å². The van der Waals surface area contributed by atoms with Crippen molar-refractivity contribution in [3.05, 3.63) is 90.0 Å². The van der Waals surface area contributed by atoms with Crippen molar-refractivity contribution >= 4 is 23.2 Å². The second kappa shape index (κ2) is 8.67. The third-order valence-electron chi connectivity index (χ3n) is 3.88. The number of anilines is 2. The van der Waals surface area contributed by atoms with Gasteiger partial charge in [0.15, 0.2) is 0 Å². The lowest BCUT2D eigenvalue weighted by Gasteiger charge is -2.09. The first-order chi connectivity index (χ1) is 13.1. The normalized spacial score (nSPS) is 10.1. The third-order valence-corrected chi connectivity index (χ3v) is 3.88. The zero-order valence-corrected chi connectivity index (χ0v) is 14.9. The van der Waals surface area contributed by atoms with Crippen molar-refractivity contribution in [2.24, 2.45) is 0 Å². The fourth-order valence-electron chi connectivity index (χ4n) is 2.39. The van der Waals surface area contributed by atoms with E-state index in [4.69, 9.17) is 4.74 Å². The summed E-state index contributed by atoms with van der Waals surface area (Å²) in [7, 11) is 0. The van der Waals surface area contributed by atoms with Gasteiger partial charge in [-0.05, 0) is 48.9 Å². The Balaban J connectivity index is 1.51. The van der Waals surface area contributed by atoms with Gasteiger partial charge < -0.3 is 15.4 Å². The topological polar surface area (TPSA) is 67.4 Å². The highest BCUT2D eigenvalue weighted by atomic mass is 16.5. The van der Waals surface area contributed by atoms with Gasteiger partial charge in [-0.15, -0.1) is 0 Å². The van der Waals surface area contributed by atoms with E-state index in [0.29, 0.717) is 23.7 Å². The SMILES string of the molecule is Cc1ccc(NC(=O)C(=O)Nc2ccc(OCc3ccccc3)cc2)cc1. The number of hydrogen-bond donors (Lipinski definition) is 2. The first kappa shape index (κ1) is 18.2. The number of benzene rings is 3. The van der Waals surface area contributed by atoms with Crippen LogP contribution in [0.2, 0.25) is 0 Å². The number of amides is 2. The third kappa shape index (κ3) is 5.44. The first-order valence-electron chi connectivity index (χ1n) is 8.56. The summed E-state index contributed by atoms with van der Waals surface area (Å²) < 4.78 is 5.70. The van der Waals surface area contributed by atoms with Gasteiger partial charge in [-0.3, -0.25) is 9.59 Å². The fraction of sp³-hybridized carbons (Fsp3) is 0.0909. The molecule has 0 heterocycles. The minimum Gasteiger partial charge on any atom is -0.489 e. The summed E-state index contributed by atoms with van der Waals surface area (Å²) in [4.78, 5) is 24.0. The van der Waals surface area contributed by atoms with Crippen LogP contribution in [0.15, 0.2) is 78.9 Å².